The van der Waals surface area contributed by atoms with Gasteiger partial charge in [-0.05, 0) is 31.5 Å². The number of rotatable bonds is 3. The minimum absolute atomic E-state index is 0.425. The number of aromatic nitrogens is 3. The zero-order chi connectivity index (χ0) is 13.4. The van der Waals surface area contributed by atoms with Crippen LogP contribution in [0.15, 0.2) is 18.3 Å². The average molecular weight is 258 g/mol. The Labute approximate surface area is 114 Å². The van der Waals surface area contributed by atoms with Crippen molar-refractivity contribution in [2.24, 2.45) is 0 Å². The van der Waals surface area contributed by atoms with Crippen LogP contribution in [0.2, 0.25) is 0 Å². The second-order valence-electron chi connectivity index (χ2n) is 5.59. The Balaban J connectivity index is 2.17. The van der Waals surface area contributed by atoms with Crippen molar-refractivity contribution >= 4 is 11.2 Å². The molecule has 19 heavy (non-hydrogen) atoms. The molecule has 1 unspecified atom stereocenters. The first-order valence-corrected chi connectivity index (χ1v) is 7.29. The van der Waals surface area contributed by atoms with Gasteiger partial charge in [0.2, 0.25) is 0 Å². The van der Waals surface area contributed by atoms with Gasteiger partial charge in [-0.3, -0.25) is 9.47 Å². The van der Waals surface area contributed by atoms with E-state index in [0.717, 1.165) is 17.7 Å². The van der Waals surface area contributed by atoms with E-state index in [1.165, 1.54) is 25.2 Å². The molecule has 3 heterocycles. The highest BCUT2D eigenvalue weighted by molar-refractivity contribution is 5.71. The topological polar surface area (TPSA) is 34.0 Å². The number of pyridine rings is 1. The molecule has 1 saturated heterocycles. The molecule has 1 atom stereocenters. The Kier molecular flexibility index (Phi) is 3.27. The lowest BCUT2D eigenvalue weighted by atomic mass is 10.2. The number of nitrogens with zero attached hydrogens (tertiary/aromatic N) is 4. The molecule has 0 amide bonds. The highest BCUT2D eigenvalue weighted by atomic mass is 15.3. The van der Waals surface area contributed by atoms with Crippen molar-refractivity contribution in [3.8, 4) is 0 Å². The van der Waals surface area contributed by atoms with Crippen molar-refractivity contribution in [1.29, 1.82) is 0 Å². The molecule has 3 rings (SSSR count). The minimum Gasteiger partial charge on any atom is -0.296 e. The molecule has 0 aliphatic carbocycles. The van der Waals surface area contributed by atoms with Gasteiger partial charge in [0.1, 0.15) is 11.3 Å². The van der Waals surface area contributed by atoms with Crippen LogP contribution in [0.5, 0.6) is 0 Å². The Morgan fingerprint density at radius 3 is 3.00 bits per heavy atom. The van der Waals surface area contributed by atoms with Crippen molar-refractivity contribution in [3.63, 3.8) is 0 Å². The lowest BCUT2D eigenvalue weighted by Crippen LogP contribution is -2.28. The van der Waals surface area contributed by atoms with E-state index in [1.807, 2.05) is 12.3 Å². The molecule has 2 aromatic heterocycles. The van der Waals surface area contributed by atoms with Gasteiger partial charge >= 0.3 is 0 Å². The van der Waals surface area contributed by atoms with Crippen molar-refractivity contribution in [2.75, 3.05) is 13.1 Å². The molecule has 0 saturated carbocycles. The van der Waals surface area contributed by atoms with Gasteiger partial charge in [-0.2, -0.15) is 0 Å². The van der Waals surface area contributed by atoms with E-state index in [-0.39, 0.29) is 0 Å². The zero-order valence-corrected chi connectivity index (χ0v) is 12.0. The van der Waals surface area contributed by atoms with Gasteiger partial charge in [-0.1, -0.05) is 20.8 Å². The van der Waals surface area contributed by atoms with E-state index in [2.05, 4.69) is 41.3 Å². The normalized spacial score (nSPS) is 20.7. The third-order valence-corrected chi connectivity index (χ3v) is 4.03. The van der Waals surface area contributed by atoms with Crippen LogP contribution < -0.4 is 0 Å². The standard InChI is InChI=1S/C15H22N4/c1-4-18-10-6-8-13(18)19-14(11(2)3)17-12-7-5-9-16-15(12)19/h5,7,9,11,13H,4,6,8,10H2,1-3H3. The summed E-state index contributed by atoms with van der Waals surface area (Å²) in [5.74, 6) is 1.59. The summed E-state index contributed by atoms with van der Waals surface area (Å²) in [4.78, 5) is 11.9. The summed E-state index contributed by atoms with van der Waals surface area (Å²) < 4.78 is 2.37. The first-order valence-electron chi connectivity index (χ1n) is 7.29. The van der Waals surface area contributed by atoms with Gasteiger partial charge < -0.3 is 0 Å². The number of likely N-dealkylation sites (tertiary alicyclic amines) is 1. The third-order valence-electron chi connectivity index (χ3n) is 4.03. The van der Waals surface area contributed by atoms with E-state index < -0.39 is 0 Å². The molecule has 0 aromatic carbocycles. The number of fused-ring (bicyclic) bond motifs is 1. The monoisotopic (exact) mass is 258 g/mol. The molecule has 4 nitrogen and oxygen atoms in total. The molecular formula is C15H22N4. The highest BCUT2D eigenvalue weighted by Gasteiger charge is 2.29. The summed E-state index contributed by atoms with van der Waals surface area (Å²) in [5, 5.41) is 0. The van der Waals surface area contributed by atoms with Gasteiger partial charge in [-0.15, -0.1) is 0 Å². The summed E-state index contributed by atoms with van der Waals surface area (Å²) in [6.45, 7) is 8.94. The Bertz CT molecular complexity index is 573. The predicted molar refractivity (Wildman–Crippen MR) is 77.1 cm³/mol. The molecule has 0 spiro atoms. The summed E-state index contributed by atoms with van der Waals surface area (Å²) in [6, 6.07) is 4.03. The van der Waals surface area contributed by atoms with Crippen molar-refractivity contribution in [1.82, 2.24) is 19.4 Å². The summed E-state index contributed by atoms with van der Waals surface area (Å²) in [6.07, 6.45) is 4.77. The van der Waals surface area contributed by atoms with E-state index in [9.17, 15) is 0 Å². The number of hydrogen-bond acceptors (Lipinski definition) is 3. The van der Waals surface area contributed by atoms with Gasteiger partial charge in [0, 0.05) is 18.7 Å². The van der Waals surface area contributed by atoms with Crippen LogP contribution in [0, 0.1) is 0 Å². The smallest absolute Gasteiger partial charge is 0.161 e. The van der Waals surface area contributed by atoms with Crippen LogP contribution in [0.1, 0.15) is 51.5 Å². The van der Waals surface area contributed by atoms with Crippen molar-refractivity contribution < 1.29 is 0 Å². The van der Waals surface area contributed by atoms with Crippen LogP contribution in [0.25, 0.3) is 11.2 Å². The molecule has 0 N–H and O–H groups in total. The highest BCUT2D eigenvalue weighted by Crippen LogP contribution is 2.32. The van der Waals surface area contributed by atoms with Crippen molar-refractivity contribution in [3.05, 3.63) is 24.2 Å². The van der Waals surface area contributed by atoms with Gasteiger partial charge in [0.05, 0.1) is 6.17 Å². The lowest BCUT2D eigenvalue weighted by molar-refractivity contribution is 0.202. The van der Waals surface area contributed by atoms with Crippen LogP contribution in [-0.2, 0) is 0 Å². The Morgan fingerprint density at radius 1 is 1.42 bits per heavy atom. The van der Waals surface area contributed by atoms with Gasteiger partial charge in [0.25, 0.3) is 0 Å². The molecule has 4 heteroatoms. The Morgan fingerprint density at radius 2 is 2.26 bits per heavy atom. The largest absolute Gasteiger partial charge is 0.296 e. The lowest BCUT2D eigenvalue weighted by Gasteiger charge is -2.26. The maximum absolute atomic E-state index is 4.80. The fraction of sp³-hybridized carbons (Fsp3) is 0.600. The average Bonchev–Trinajstić information content (AvgIpc) is 3.01. The van der Waals surface area contributed by atoms with Crippen LogP contribution >= 0.6 is 0 Å². The summed E-state index contributed by atoms with van der Waals surface area (Å²) in [5.41, 5.74) is 2.06. The Hall–Kier alpha value is -1.42. The zero-order valence-electron chi connectivity index (χ0n) is 12.0. The van der Waals surface area contributed by atoms with E-state index in [4.69, 9.17) is 4.98 Å². The molecule has 0 radical (unpaired) electrons. The maximum atomic E-state index is 4.80. The fourth-order valence-electron chi connectivity index (χ4n) is 3.12. The SMILES string of the molecule is CCN1CCCC1n1c(C(C)C)nc2cccnc21. The van der Waals surface area contributed by atoms with Crippen LogP contribution in [0.3, 0.4) is 0 Å². The molecule has 2 aromatic rings. The van der Waals surface area contributed by atoms with Crippen LogP contribution in [-0.4, -0.2) is 32.5 Å². The minimum atomic E-state index is 0.425. The third kappa shape index (κ3) is 2.04. The number of imidazole rings is 1. The quantitative estimate of drug-likeness (QED) is 0.848. The fourth-order valence-corrected chi connectivity index (χ4v) is 3.12. The molecule has 1 fully saturated rings. The molecular weight excluding hydrogens is 236 g/mol. The molecule has 1 aliphatic rings. The predicted octanol–water partition coefficient (Wildman–Crippen LogP) is 3.17. The van der Waals surface area contributed by atoms with E-state index >= 15 is 0 Å². The van der Waals surface area contributed by atoms with Gasteiger partial charge in [0.15, 0.2) is 5.65 Å². The summed E-state index contributed by atoms with van der Waals surface area (Å²) in [7, 11) is 0. The molecule has 102 valence electrons. The van der Waals surface area contributed by atoms with Gasteiger partial charge in [-0.25, -0.2) is 9.97 Å². The van der Waals surface area contributed by atoms with Crippen LogP contribution in [0.4, 0.5) is 0 Å². The van der Waals surface area contributed by atoms with Crippen molar-refractivity contribution in [2.45, 2.75) is 45.7 Å². The second kappa shape index (κ2) is 4.93. The molecule has 0 bridgehead atoms. The first-order chi connectivity index (χ1) is 9.22. The summed E-state index contributed by atoms with van der Waals surface area (Å²) >= 11 is 0. The molecule has 1 aliphatic heterocycles. The maximum Gasteiger partial charge on any atom is 0.161 e. The first kappa shape index (κ1) is 12.6. The second-order valence-corrected chi connectivity index (χ2v) is 5.59. The van der Waals surface area contributed by atoms with E-state index in [1.54, 1.807) is 0 Å². The number of hydrogen-bond donors (Lipinski definition) is 0. The van der Waals surface area contributed by atoms with E-state index in [0.29, 0.717) is 12.1 Å².